The van der Waals surface area contributed by atoms with Gasteiger partial charge in [0.25, 0.3) is 0 Å². The van der Waals surface area contributed by atoms with E-state index in [4.69, 9.17) is 12.2 Å². The zero-order chi connectivity index (χ0) is 10.5. The van der Waals surface area contributed by atoms with E-state index in [0.717, 1.165) is 0 Å². The molecule has 2 bridgehead atoms. The maximum absolute atomic E-state index is 9.92. The normalized spacial score (nSPS) is 53.7. The van der Waals surface area contributed by atoms with Gasteiger partial charge in [-0.15, -0.1) is 0 Å². The van der Waals surface area contributed by atoms with Crippen LogP contribution in [0.5, 0.6) is 0 Å². The number of hydrogen-bond acceptors (Lipinski definition) is 3. The molecular weight excluding hydrogens is 156 g/mol. The van der Waals surface area contributed by atoms with E-state index in [2.05, 4.69) is 0 Å². The summed E-state index contributed by atoms with van der Waals surface area (Å²) in [4.78, 5) is 0. The zero-order valence-corrected chi connectivity index (χ0v) is 7.36. The molecule has 0 amide bonds. The summed E-state index contributed by atoms with van der Waals surface area (Å²) < 4.78 is 26.2. The third-order valence-electron chi connectivity index (χ3n) is 2.51. The van der Waals surface area contributed by atoms with Crippen LogP contribution in [0.15, 0.2) is 0 Å². The lowest BCUT2D eigenvalue weighted by Gasteiger charge is -2.34. The second-order valence-electron chi connectivity index (χ2n) is 3.77. The molecule has 0 unspecified atom stereocenters. The van der Waals surface area contributed by atoms with Crippen LogP contribution in [0.3, 0.4) is 0 Å². The predicted molar refractivity (Wildman–Crippen MR) is 43.6 cm³/mol. The lowest BCUT2D eigenvalue weighted by Crippen LogP contribution is -2.42. The van der Waals surface area contributed by atoms with Crippen molar-refractivity contribution in [3.63, 3.8) is 0 Å². The number of fused-ring (bicyclic) bond motifs is 2. The predicted octanol–water partition coefficient (Wildman–Crippen LogP) is 0.765. The fourth-order valence-electron chi connectivity index (χ4n) is 1.76. The Morgan fingerprint density at radius 1 is 1.58 bits per heavy atom. The van der Waals surface area contributed by atoms with Gasteiger partial charge in [0.05, 0.1) is 12.7 Å². The van der Waals surface area contributed by atoms with Crippen LogP contribution in [0.2, 0.25) is 0 Å². The highest BCUT2D eigenvalue weighted by Crippen LogP contribution is 2.35. The summed E-state index contributed by atoms with van der Waals surface area (Å²) in [7, 11) is 0. The molecule has 3 heteroatoms. The highest BCUT2D eigenvalue weighted by molar-refractivity contribution is 4.87. The quantitative estimate of drug-likeness (QED) is 0.638. The summed E-state index contributed by atoms with van der Waals surface area (Å²) in [6.07, 6.45) is -3.51. The van der Waals surface area contributed by atoms with E-state index in [-0.39, 0.29) is 12.0 Å². The first-order valence-electron chi connectivity index (χ1n) is 5.39. The first-order valence-corrected chi connectivity index (χ1v) is 4.39. The van der Waals surface area contributed by atoms with Crippen LogP contribution in [-0.4, -0.2) is 30.2 Å². The first kappa shape index (κ1) is 6.35. The molecule has 2 fully saturated rings. The standard InChI is InChI=1S/C9H16O3/c1-5(2)6-3-8-11-4-7(12-8)9(6)10/h5-10H,3-4H2,1-2H3/t6-,7-,8-,9-/m0/s1/i3D2. The third-order valence-corrected chi connectivity index (χ3v) is 2.51. The van der Waals surface area contributed by atoms with Crippen LogP contribution in [0, 0.1) is 11.8 Å². The van der Waals surface area contributed by atoms with Crippen molar-refractivity contribution in [3.8, 4) is 0 Å². The van der Waals surface area contributed by atoms with Gasteiger partial charge < -0.3 is 14.6 Å². The van der Waals surface area contributed by atoms with Gasteiger partial charge in [-0.05, 0) is 11.8 Å². The summed E-state index contributed by atoms with van der Waals surface area (Å²) in [5, 5.41) is 9.92. The van der Waals surface area contributed by atoms with Gasteiger partial charge >= 0.3 is 0 Å². The molecule has 1 N–H and O–H groups in total. The van der Waals surface area contributed by atoms with Crippen LogP contribution < -0.4 is 0 Å². The molecule has 2 rings (SSSR count). The molecule has 0 saturated carbocycles. The lowest BCUT2D eigenvalue weighted by molar-refractivity contribution is -0.151. The summed E-state index contributed by atoms with van der Waals surface area (Å²) in [5.74, 6) is -0.329. The maximum atomic E-state index is 9.92. The summed E-state index contributed by atoms with van der Waals surface area (Å²) in [6.45, 7) is 4.13. The van der Waals surface area contributed by atoms with Gasteiger partial charge in [-0.3, -0.25) is 0 Å². The zero-order valence-electron chi connectivity index (χ0n) is 9.36. The minimum Gasteiger partial charge on any atom is -0.390 e. The molecule has 0 aliphatic carbocycles. The molecule has 12 heavy (non-hydrogen) atoms. The molecule has 4 atom stereocenters. The second kappa shape index (κ2) is 2.98. The Kier molecular flexibility index (Phi) is 1.58. The van der Waals surface area contributed by atoms with E-state index in [1.165, 1.54) is 0 Å². The summed E-state index contributed by atoms with van der Waals surface area (Å²) in [5.41, 5.74) is 0. The van der Waals surface area contributed by atoms with Gasteiger partial charge in [-0.1, -0.05) is 13.8 Å². The minimum atomic E-state index is -1.60. The topological polar surface area (TPSA) is 38.7 Å². The SMILES string of the molecule is [2H]C1([2H])[C@H]2OC[C@H](O2)[C@@H](O)[C@@H]1C(C)C. The average Bonchev–Trinajstić information content (AvgIpc) is 2.46. The first-order chi connectivity index (χ1) is 6.44. The number of ether oxygens (including phenoxy) is 2. The lowest BCUT2D eigenvalue weighted by atomic mass is 9.84. The average molecular weight is 174 g/mol. The number of aliphatic hydroxyl groups excluding tert-OH is 1. The van der Waals surface area contributed by atoms with Crippen molar-refractivity contribution < 1.29 is 17.3 Å². The molecule has 0 spiro atoms. The molecule has 2 aliphatic heterocycles. The van der Waals surface area contributed by atoms with E-state index in [0.29, 0.717) is 6.61 Å². The fraction of sp³-hybridized carbons (Fsp3) is 1.00. The Morgan fingerprint density at radius 3 is 3.00 bits per heavy atom. The van der Waals surface area contributed by atoms with E-state index >= 15 is 0 Å². The summed E-state index contributed by atoms with van der Waals surface area (Å²) in [6, 6.07) is 0. The highest BCUT2D eigenvalue weighted by Gasteiger charge is 2.43. The Hall–Kier alpha value is -0.120. The van der Waals surface area contributed by atoms with Gasteiger partial charge in [-0.25, -0.2) is 0 Å². The molecule has 2 aliphatic rings. The van der Waals surface area contributed by atoms with Crippen molar-refractivity contribution in [3.05, 3.63) is 0 Å². The Labute approximate surface area is 75.5 Å². The third kappa shape index (κ3) is 1.26. The minimum absolute atomic E-state index is 0.0793. The molecule has 0 radical (unpaired) electrons. The van der Waals surface area contributed by atoms with E-state index in [1.807, 2.05) is 13.8 Å². The van der Waals surface area contributed by atoms with E-state index < -0.39 is 24.7 Å². The van der Waals surface area contributed by atoms with Gasteiger partial charge in [-0.2, -0.15) is 0 Å². The monoisotopic (exact) mass is 174 g/mol. The van der Waals surface area contributed by atoms with Crippen LogP contribution in [0.1, 0.15) is 23.0 Å². The smallest absolute Gasteiger partial charge is 0.158 e. The van der Waals surface area contributed by atoms with Crippen LogP contribution in [-0.2, 0) is 9.47 Å². The molecule has 70 valence electrons. The largest absolute Gasteiger partial charge is 0.390 e. The van der Waals surface area contributed by atoms with Gasteiger partial charge in [0.1, 0.15) is 6.10 Å². The molecule has 0 aromatic heterocycles. The fourth-order valence-corrected chi connectivity index (χ4v) is 1.76. The van der Waals surface area contributed by atoms with E-state index in [9.17, 15) is 5.11 Å². The van der Waals surface area contributed by atoms with Crippen molar-refractivity contribution in [1.82, 2.24) is 0 Å². The van der Waals surface area contributed by atoms with Gasteiger partial charge in [0, 0.05) is 9.11 Å². The molecule has 0 aromatic rings. The van der Waals surface area contributed by atoms with Gasteiger partial charge in [0.2, 0.25) is 0 Å². The van der Waals surface area contributed by atoms with Crippen molar-refractivity contribution >= 4 is 0 Å². The number of hydrogen-bond donors (Lipinski definition) is 1. The molecule has 0 aromatic carbocycles. The van der Waals surface area contributed by atoms with Gasteiger partial charge in [0.15, 0.2) is 6.29 Å². The molecule has 2 heterocycles. The van der Waals surface area contributed by atoms with Crippen LogP contribution in [0.25, 0.3) is 0 Å². The Balaban J connectivity index is 2.29. The van der Waals surface area contributed by atoms with Crippen LogP contribution >= 0.6 is 0 Å². The van der Waals surface area contributed by atoms with Crippen molar-refractivity contribution in [1.29, 1.82) is 0 Å². The van der Waals surface area contributed by atoms with Crippen molar-refractivity contribution in [2.45, 2.75) is 38.7 Å². The maximum Gasteiger partial charge on any atom is 0.158 e. The molecule has 3 nitrogen and oxygen atoms in total. The Morgan fingerprint density at radius 2 is 2.33 bits per heavy atom. The number of rotatable bonds is 1. The number of aliphatic hydroxyl groups is 1. The van der Waals surface area contributed by atoms with Crippen molar-refractivity contribution in [2.24, 2.45) is 11.8 Å². The summed E-state index contributed by atoms with van der Waals surface area (Å²) >= 11 is 0. The molecule has 2 saturated heterocycles. The van der Waals surface area contributed by atoms with Crippen molar-refractivity contribution in [2.75, 3.05) is 6.61 Å². The highest BCUT2D eigenvalue weighted by atomic mass is 16.7. The Bertz CT molecular complexity index is 232. The second-order valence-corrected chi connectivity index (χ2v) is 3.77. The van der Waals surface area contributed by atoms with E-state index in [1.54, 1.807) is 0 Å². The van der Waals surface area contributed by atoms with Crippen LogP contribution in [0.4, 0.5) is 0 Å². The molecular formula is C9H16O3.